The number of benzene rings is 1. The molecule has 0 aliphatic heterocycles. The van der Waals surface area contributed by atoms with Gasteiger partial charge in [0.05, 0.1) is 18.0 Å². The first-order chi connectivity index (χ1) is 12.2. The summed E-state index contributed by atoms with van der Waals surface area (Å²) in [6.45, 7) is 8.21. The molecule has 2 N–H and O–H groups in total. The predicted molar refractivity (Wildman–Crippen MR) is 98.9 cm³/mol. The smallest absolute Gasteiger partial charge is 0.410 e. The normalized spacial score (nSPS) is 11.2. The van der Waals surface area contributed by atoms with Gasteiger partial charge in [-0.15, -0.1) is 0 Å². The molecule has 26 heavy (non-hydrogen) atoms. The van der Waals surface area contributed by atoms with Crippen molar-refractivity contribution >= 4 is 17.9 Å². The van der Waals surface area contributed by atoms with Gasteiger partial charge in [-0.2, -0.15) is 5.10 Å². The molecule has 0 fully saturated rings. The fraction of sp³-hybridized carbons (Fsp3) is 0.421. The van der Waals surface area contributed by atoms with E-state index in [0.29, 0.717) is 25.3 Å². The summed E-state index contributed by atoms with van der Waals surface area (Å²) in [5, 5.41) is 16.0. The lowest BCUT2D eigenvalue weighted by atomic mass is 9.92. The number of esters is 1. The largest absolute Gasteiger partial charge is 0.466 e. The molecule has 1 aromatic heterocycles. The molecule has 0 bridgehead atoms. The second-order valence-corrected chi connectivity index (χ2v) is 6.98. The summed E-state index contributed by atoms with van der Waals surface area (Å²) in [6.07, 6.45) is -0.224. The van der Waals surface area contributed by atoms with Crippen LogP contribution in [0.25, 0.3) is 5.69 Å². The number of nitrogens with zero attached hydrogens (tertiary/aromatic N) is 2. The molecule has 0 spiro atoms. The third kappa shape index (κ3) is 5.08. The first-order valence-corrected chi connectivity index (χ1v) is 8.56. The van der Waals surface area contributed by atoms with Crippen molar-refractivity contribution in [3.8, 4) is 5.69 Å². The second-order valence-electron chi connectivity index (χ2n) is 6.98. The number of nitrogens with one attached hydrogen (secondary N) is 1. The van der Waals surface area contributed by atoms with E-state index < -0.39 is 6.09 Å². The molecule has 0 unspecified atom stereocenters. The van der Waals surface area contributed by atoms with Gasteiger partial charge in [0, 0.05) is 17.9 Å². The fourth-order valence-electron chi connectivity index (χ4n) is 2.43. The van der Waals surface area contributed by atoms with Crippen LogP contribution in [0, 0.1) is 0 Å². The van der Waals surface area contributed by atoms with Crippen LogP contribution >= 0.6 is 0 Å². The summed E-state index contributed by atoms with van der Waals surface area (Å²) in [5.74, 6) is 0.174. The van der Waals surface area contributed by atoms with Gasteiger partial charge < -0.3 is 9.84 Å². The highest BCUT2D eigenvalue weighted by Crippen LogP contribution is 2.26. The molecular formula is C19H25N3O4. The van der Waals surface area contributed by atoms with E-state index in [9.17, 15) is 9.59 Å². The molecule has 1 heterocycles. The van der Waals surface area contributed by atoms with Crippen LogP contribution in [0.4, 0.5) is 10.6 Å². The van der Waals surface area contributed by atoms with Crippen LogP contribution in [-0.4, -0.2) is 33.6 Å². The molecule has 0 radical (unpaired) electrons. The van der Waals surface area contributed by atoms with E-state index in [4.69, 9.17) is 9.84 Å². The summed E-state index contributed by atoms with van der Waals surface area (Å²) >= 11 is 0. The number of ether oxygens (including phenoxy) is 1. The van der Waals surface area contributed by atoms with Crippen LogP contribution in [-0.2, 0) is 21.4 Å². The Kier molecular flexibility index (Phi) is 6.02. The van der Waals surface area contributed by atoms with Crippen LogP contribution in [0.5, 0.6) is 0 Å². The second kappa shape index (κ2) is 8.03. The summed E-state index contributed by atoms with van der Waals surface area (Å²) in [5.41, 5.74) is 2.31. The average molecular weight is 359 g/mol. The van der Waals surface area contributed by atoms with E-state index in [0.717, 1.165) is 16.9 Å². The molecule has 0 aliphatic carbocycles. The molecular weight excluding hydrogens is 334 g/mol. The third-order valence-corrected chi connectivity index (χ3v) is 3.82. The van der Waals surface area contributed by atoms with Crippen molar-refractivity contribution < 1.29 is 19.4 Å². The Morgan fingerprint density at radius 2 is 1.88 bits per heavy atom. The van der Waals surface area contributed by atoms with Crippen molar-refractivity contribution in [2.24, 2.45) is 0 Å². The molecule has 7 nitrogen and oxygen atoms in total. The molecule has 2 rings (SSSR count). The minimum absolute atomic E-state index is 0.209. The zero-order chi connectivity index (χ0) is 19.3. The minimum Gasteiger partial charge on any atom is -0.466 e. The predicted octanol–water partition coefficient (Wildman–Crippen LogP) is 3.76. The molecule has 1 amide bonds. The highest BCUT2D eigenvalue weighted by molar-refractivity contribution is 5.82. The highest BCUT2D eigenvalue weighted by Gasteiger charge is 2.21. The van der Waals surface area contributed by atoms with Crippen molar-refractivity contribution in [1.29, 1.82) is 0 Å². The van der Waals surface area contributed by atoms with Gasteiger partial charge in [0.25, 0.3) is 0 Å². The van der Waals surface area contributed by atoms with Crippen molar-refractivity contribution in [2.75, 3.05) is 11.9 Å². The summed E-state index contributed by atoms with van der Waals surface area (Å²) in [4.78, 5) is 22.5. The highest BCUT2D eigenvalue weighted by atomic mass is 16.5. The number of carbonyl (C=O) groups excluding carboxylic acids is 1. The van der Waals surface area contributed by atoms with Crippen molar-refractivity contribution in [1.82, 2.24) is 9.78 Å². The lowest BCUT2D eigenvalue weighted by Gasteiger charge is -2.14. The van der Waals surface area contributed by atoms with Crippen LogP contribution in [0.2, 0.25) is 0 Å². The topological polar surface area (TPSA) is 93.5 Å². The number of aryl methyl sites for hydroxylation is 1. The maximum Gasteiger partial charge on any atom is 0.410 e. The number of carbonyl (C=O) groups is 2. The Morgan fingerprint density at radius 1 is 1.23 bits per heavy atom. The monoisotopic (exact) mass is 359 g/mol. The SMILES string of the molecule is CCOC(=O)CCc1ccc(-n2nc(C(C)(C)C)cc2NC(=O)O)cc1. The Balaban J connectivity index is 2.23. The Morgan fingerprint density at radius 3 is 2.42 bits per heavy atom. The molecule has 1 aromatic carbocycles. The standard InChI is InChI=1S/C19H25N3O4/c1-5-26-17(23)11-8-13-6-9-14(10-7-13)22-16(20-18(24)25)12-15(21-22)19(2,3)4/h6-7,9-10,12,20H,5,8,11H2,1-4H3,(H,24,25). The maximum atomic E-state index is 11.4. The number of carboxylic acid groups (broad SMARTS) is 1. The molecule has 0 atom stereocenters. The molecule has 2 aromatic rings. The molecule has 0 aliphatic rings. The minimum atomic E-state index is -1.14. The Labute approximate surface area is 153 Å². The van der Waals surface area contributed by atoms with E-state index in [1.54, 1.807) is 17.7 Å². The summed E-state index contributed by atoms with van der Waals surface area (Å²) in [6, 6.07) is 9.25. The quantitative estimate of drug-likeness (QED) is 0.766. The van der Waals surface area contributed by atoms with Crippen LogP contribution < -0.4 is 5.32 Å². The van der Waals surface area contributed by atoms with Crippen LogP contribution in [0.1, 0.15) is 45.4 Å². The van der Waals surface area contributed by atoms with Gasteiger partial charge in [-0.25, -0.2) is 9.48 Å². The van der Waals surface area contributed by atoms with Gasteiger partial charge in [-0.3, -0.25) is 10.1 Å². The van der Waals surface area contributed by atoms with E-state index >= 15 is 0 Å². The van der Waals surface area contributed by atoms with Crippen molar-refractivity contribution in [3.05, 3.63) is 41.6 Å². The molecule has 0 saturated carbocycles. The van der Waals surface area contributed by atoms with Gasteiger partial charge >= 0.3 is 12.1 Å². The summed E-state index contributed by atoms with van der Waals surface area (Å²) in [7, 11) is 0. The number of aromatic nitrogens is 2. The fourth-order valence-corrected chi connectivity index (χ4v) is 2.43. The zero-order valence-corrected chi connectivity index (χ0v) is 15.6. The molecule has 140 valence electrons. The van der Waals surface area contributed by atoms with Crippen molar-refractivity contribution in [2.45, 2.75) is 46.0 Å². The van der Waals surface area contributed by atoms with E-state index in [1.165, 1.54) is 0 Å². The van der Waals surface area contributed by atoms with Gasteiger partial charge in [-0.1, -0.05) is 32.9 Å². The summed E-state index contributed by atoms with van der Waals surface area (Å²) < 4.78 is 6.50. The van der Waals surface area contributed by atoms with Crippen LogP contribution in [0.3, 0.4) is 0 Å². The van der Waals surface area contributed by atoms with E-state index in [2.05, 4.69) is 10.4 Å². The first-order valence-electron chi connectivity index (χ1n) is 8.56. The first kappa shape index (κ1) is 19.5. The lowest BCUT2D eigenvalue weighted by molar-refractivity contribution is -0.143. The zero-order valence-electron chi connectivity index (χ0n) is 15.6. The Hall–Kier alpha value is -2.83. The Bertz CT molecular complexity index is 773. The van der Waals surface area contributed by atoms with E-state index in [-0.39, 0.29) is 11.4 Å². The number of amides is 1. The molecule has 7 heteroatoms. The number of rotatable bonds is 6. The van der Waals surface area contributed by atoms with Gasteiger partial charge in [0.1, 0.15) is 5.82 Å². The van der Waals surface area contributed by atoms with Gasteiger partial charge in [0.2, 0.25) is 0 Å². The maximum absolute atomic E-state index is 11.4. The number of hydrogen-bond acceptors (Lipinski definition) is 4. The molecule has 0 saturated heterocycles. The number of hydrogen-bond donors (Lipinski definition) is 2. The van der Waals surface area contributed by atoms with Gasteiger partial charge in [-0.05, 0) is 31.0 Å². The average Bonchev–Trinajstić information content (AvgIpc) is 2.97. The number of anilines is 1. The van der Waals surface area contributed by atoms with Crippen LogP contribution in [0.15, 0.2) is 30.3 Å². The van der Waals surface area contributed by atoms with Gasteiger partial charge in [0.15, 0.2) is 0 Å². The van der Waals surface area contributed by atoms with Crippen molar-refractivity contribution in [3.63, 3.8) is 0 Å². The third-order valence-electron chi connectivity index (χ3n) is 3.82. The van der Waals surface area contributed by atoms with E-state index in [1.807, 2.05) is 45.0 Å². The lowest BCUT2D eigenvalue weighted by Crippen LogP contribution is -2.13.